The summed E-state index contributed by atoms with van der Waals surface area (Å²) in [5, 5.41) is 3.32. The number of carbonyl (C=O) groups is 1. The maximum Gasteiger partial charge on any atom is 0.310 e. The lowest BCUT2D eigenvalue weighted by Crippen LogP contribution is -2.16. The normalized spacial score (nSPS) is 13.1. The van der Waals surface area contributed by atoms with Crippen molar-refractivity contribution in [1.82, 2.24) is 5.32 Å². The molecule has 4 nitrogen and oxygen atoms in total. The third-order valence-corrected chi connectivity index (χ3v) is 4.69. The summed E-state index contributed by atoms with van der Waals surface area (Å²) in [6.07, 6.45) is 1.63. The number of carbonyl (C=O) groups excluding carboxylic acids is 1. The molecule has 0 fully saturated rings. The molecule has 1 N–H and O–H groups in total. The second kappa shape index (κ2) is 9.72. The van der Waals surface area contributed by atoms with E-state index >= 15 is 0 Å². The van der Waals surface area contributed by atoms with Gasteiger partial charge >= 0.3 is 5.97 Å². The molecule has 27 heavy (non-hydrogen) atoms. The minimum absolute atomic E-state index is 0. The van der Waals surface area contributed by atoms with Gasteiger partial charge in [-0.25, -0.2) is 4.39 Å². The van der Waals surface area contributed by atoms with Crippen LogP contribution in [0.5, 0.6) is 5.75 Å². The van der Waals surface area contributed by atoms with Gasteiger partial charge in [0, 0.05) is 5.56 Å². The maximum atomic E-state index is 14.3. The summed E-state index contributed by atoms with van der Waals surface area (Å²) in [6.45, 7) is 3.74. The summed E-state index contributed by atoms with van der Waals surface area (Å²) in [5.41, 5.74) is 4.48. The van der Waals surface area contributed by atoms with Crippen molar-refractivity contribution in [3.05, 3.63) is 52.8 Å². The van der Waals surface area contributed by atoms with E-state index in [2.05, 4.69) is 5.32 Å². The van der Waals surface area contributed by atoms with E-state index in [0.717, 1.165) is 47.3 Å². The summed E-state index contributed by atoms with van der Waals surface area (Å²) < 4.78 is 24.9. The minimum atomic E-state index is -0.259. The van der Waals surface area contributed by atoms with Crippen LogP contribution in [-0.2, 0) is 28.8 Å². The molecule has 1 heterocycles. The monoisotopic (exact) mass is 393 g/mol. The predicted molar refractivity (Wildman–Crippen MR) is 106 cm³/mol. The van der Waals surface area contributed by atoms with Gasteiger partial charge in [-0.05, 0) is 73.3 Å². The quantitative estimate of drug-likeness (QED) is 0.786. The third-order valence-electron chi connectivity index (χ3n) is 4.69. The van der Waals surface area contributed by atoms with Gasteiger partial charge in [0.25, 0.3) is 0 Å². The highest BCUT2D eigenvalue weighted by molar-refractivity contribution is 5.85. The number of rotatable bonds is 5. The van der Waals surface area contributed by atoms with Gasteiger partial charge in [-0.1, -0.05) is 12.1 Å². The van der Waals surface area contributed by atoms with Crippen LogP contribution in [0.15, 0.2) is 30.3 Å². The number of benzene rings is 2. The molecule has 2 aromatic rings. The molecule has 0 saturated heterocycles. The molecule has 3 rings (SSSR count). The largest absolute Gasteiger partial charge is 0.496 e. The molecular weight excluding hydrogens is 369 g/mol. The van der Waals surface area contributed by atoms with Crippen molar-refractivity contribution in [2.45, 2.75) is 26.2 Å². The molecule has 1 aliphatic heterocycles. The Kier molecular flexibility index (Phi) is 7.63. The SMILES string of the molecule is CCOC(=O)Cc1ccc(OC)c(-c2ccc(F)c3c2CCNCC3)c1.Cl. The smallest absolute Gasteiger partial charge is 0.310 e. The van der Waals surface area contributed by atoms with Crippen LogP contribution in [0.3, 0.4) is 0 Å². The molecule has 2 aromatic carbocycles. The lowest BCUT2D eigenvalue weighted by molar-refractivity contribution is -0.142. The summed E-state index contributed by atoms with van der Waals surface area (Å²) >= 11 is 0. The molecule has 146 valence electrons. The second-order valence-corrected chi connectivity index (χ2v) is 6.32. The Balaban J connectivity index is 0.00000261. The average Bonchev–Trinajstić information content (AvgIpc) is 2.89. The number of esters is 1. The van der Waals surface area contributed by atoms with E-state index in [0.29, 0.717) is 18.8 Å². The van der Waals surface area contributed by atoms with Crippen LogP contribution in [-0.4, -0.2) is 32.8 Å². The number of fused-ring (bicyclic) bond motifs is 1. The van der Waals surface area contributed by atoms with Gasteiger partial charge in [0.2, 0.25) is 0 Å². The molecule has 0 aromatic heterocycles. The number of halogens is 2. The van der Waals surface area contributed by atoms with Crippen LogP contribution >= 0.6 is 12.4 Å². The lowest BCUT2D eigenvalue weighted by Gasteiger charge is -2.17. The summed E-state index contributed by atoms with van der Waals surface area (Å²) in [7, 11) is 1.62. The van der Waals surface area contributed by atoms with Crippen molar-refractivity contribution in [2.75, 3.05) is 26.8 Å². The zero-order valence-electron chi connectivity index (χ0n) is 15.6. The van der Waals surface area contributed by atoms with E-state index in [1.165, 1.54) is 6.07 Å². The third kappa shape index (κ3) is 4.79. The van der Waals surface area contributed by atoms with Crippen molar-refractivity contribution in [3.8, 4) is 16.9 Å². The second-order valence-electron chi connectivity index (χ2n) is 6.32. The van der Waals surface area contributed by atoms with Gasteiger partial charge in [0.1, 0.15) is 11.6 Å². The zero-order chi connectivity index (χ0) is 18.5. The number of hydrogen-bond acceptors (Lipinski definition) is 4. The van der Waals surface area contributed by atoms with Gasteiger partial charge in [-0.3, -0.25) is 4.79 Å². The Labute approximate surface area is 165 Å². The average molecular weight is 394 g/mol. The first-order valence-electron chi connectivity index (χ1n) is 8.98. The summed E-state index contributed by atoms with van der Waals surface area (Å²) in [5.74, 6) is 0.295. The van der Waals surface area contributed by atoms with Gasteiger partial charge in [0.05, 0.1) is 20.1 Å². The molecule has 0 saturated carbocycles. The van der Waals surface area contributed by atoms with E-state index in [1.807, 2.05) is 24.3 Å². The van der Waals surface area contributed by atoms with Gasteiger partial charge in [-0.15, -0.1) is 12.4 Å². The van der Waals surface area contributed by atoms with Crippen LogP contribution in [0.4, 0.5) is 4.39 Å². The zero-order valence-corrected chi connectivity index (χ0v) is 16.5. The molecule has 0 spiro atoms. The van der Waals surface area contributed by atoms with E-state index in [1.54, 1.807) is 14.0 Å². The molecule has 0 bridgehead atoms. The van der Waals surface area contributed by atoms with Crippen LogP contribution in [0.2, 0.25) is 0 Å². The fourth-order valence-corrected chi connectivity index (χ4v) is 3.48. The van der Waals surface area contributed by atoms with Gasteiger partial charge in [0.15, 0.2) is 0 Å². The summed E-state index contributed by atoms with van der Waals surface area (Å²) in [4.78, 5) is 11.8. The van der Waals surface area contributed by atoms with Gasteiger partial charge < -0.3 is 14.8 Å². The van der Waals surface area contributed by atoms with E-state index in [4.69, 9.17) is 9.47 Å². The van der Waals surface area contributed by atoms with Crippen LogP contribution in [0.1, 0.15) is 23.6 Å². The number of methoxy groups -OCH3 is 1. The fraction of sp³-hybridized carbons (Fsp3) is 0.381. The highest BCUT2D eigenvalue weighted by Gasteiger charge is 2.19. The van der Waals surface area contributed by atoms with Crippen LogP contribution < -0.4 is 10.1 Å². The summed E-state index contributed by atoms with van der Waals surface area (Å²) in [6, 6.07) is 9.00. The molecule has 0 radical (unpaired) electrons. The van der Waals surface area contributed by atoms with Crippen molar-refractivity contribution < 1.29 is 18.7 Å². The van der Waals surface area contributed by atoms with Gasteiger partial charge in [-0.2, -0.15) is 0 Å². The number of ether oxygens (including phenoxy) is 2. The molecule has 6 heteroatoms. The Morgan fingerprint density at radius 1 is 1.11 bits per heavy atom. The molecule has 0 aliphatic carbocycles. The first-order valence-corrected chi connectivity index (χ1v) is 8.98. The molecule has 0 atom stereocenters. The van der Waals surface area contributed by atoms with Crippen molar-refractivity contribution in [1.29, 1.82) is 0 Å². The Hall–Kier alpha value is -2.11. The van der Waals surface area contributed by atoms with E-state index in [-0.39, 0.29) is 30.6 Å². The maximum absolute atomic E-state index is 14.3. The topological polar surface area (TPSA) is 47.6 Å². The molecular formula is C21H25ClFNO3. The van der Waals surface area contributed by atoms with Crippen LogP contribution in [0, 0.1) is 5.82 Å². The first-order chi connectivity index (χ1) is 12.6. The predicted octanol–water partition coefficient (Wildman–Crippen LogP) is 3.72. The van der Waals surface area contributed by atoms with Crippen molar-refractivity contribution in [2.24, 2.45) is 0 Å². The van der Waals surface area contributed by atoms with Crippen molar-refractivity contribution >= 4 is 18.4 Å². The molecule has 1 aliphatic rings. The Morgan fingerprint density at radius 3 is 2.56 bits per heavy atom. The molecule has 0 unspecified atom stereocenters. The number of hydrogen-bond donors (Lipinski definition) is 1. The van der Waals surface area contributed by atoms with Crippen molar-refractivity contribution in [3.63, 3.8) is 0 Å². The first kappa shape index (κ1) is 21.2. The number of nitrogens with one attached hydrogen (secondary N) is 1. The Morgan fingerprint density at radius 2 is 1.85 bits per heavy atom. The highest BCUT2D eigenvalue weighted by Crippen LogP contribution is 2.36. The van der Waals surface area contributed by atoms with Crippen LogP contribution in [0.25, 0.3) is 11.1 Å². The molecule has 0 amide bonds. The highest BCUT2D eigenvalue weighted by atomic mass is 35.5. The standard InChI is InChI=1S/C21H24FNO3.ClH/c1-3-26-21(24)13-14-4-7-20(25-2)18(12-14)15-5-6-19(22)17-9-11-23-10-8-16(15)17;/h4-7,12,23H,3,8-11,13H2,1-2H3;1H. The fourth-order valence-electron chi connectivity index (χ4n) is 3.48. The van der Waals surface area contributed by atoms with E-state index < -0.39 is 0 Å². The minimum Gasteiger partial charge on any atom is -0.496 e. The lowest BCUT2D eigenvalue weighted by atomic mass is 9.90. The van der Waals surface area contributed by atoms with E-state index in [9.17, 15) is 9.18 Å². The Bertz CT molecular complexity index is 810.